The lowest BCUT2D eigenvalue weighted by Gasteiger charge is -2.17. The molecule has 1 saturated carbocycles. The van der Waals surface area contributed by atoms with E-state index in [1.165, 1.54) is 18.6 Å². The fraction of sp³-hybridized carbons (Fsp3) is 0.562. The van der Waals surface area contributed by atoms with Crippen molar-refractivity contribution in [3.63, 3.8) is 0 Å². The molecule has 3 nitrogen and oxygen atoms in total. The zero-order chi connectivity index (χ0) is 15.9. The first-order valence-corrected chi connectivity index (χ1v) is 8.85. The average molecular weight is 327 g/mol. The molecule has 0 spiro atoms. The zero-order valence-corrected chi connectivity index (χ0v) is 13.9. The normalized spacial score (nSPS) is 21.9. The lowest BCUT2D eigenvalue weighted by atomic mass is 10.1. The van der Waals surface area contributed by atoms with Crippen molar-refractivity contribution in [3.8, 4) is 0 Å². The summed E-state index contributed by atoms with van der Waals surface area (Å²) in [7, 11) is 1.72. The second-order valence-electron chi connectivity index (χ2n) is 5.50. The topological polar surface area (TPSA) is 36.4 Å². The van der Waals surface area contributed by atoms with E-state index in [2.05, 4.69) is 21.9 Å². The van der Waals surface area contributed by atoms with Crippen LogP contribution in [0.5, 0.6) is 0 Å². The van der Waals surface area contributed by atoms with Gasteiger partial charge in [-0.3, -0.25) is 4.99 Å². The highest BCUT2D eigenvalue weighted by atomic mass is 32.2. The minimum Gasteiger partial charge on any atom is -0.356 e. The summed E-state index contributed by atoms with van der Waals surface area (Å²) >= 11 is 1.91. The molecule has 2 atom stereocenters. The van der Waals surface area contributed by atoms with Crippen LogP contribution < -0.4 is 10.6 Å². The van der Waals surface area contributed by atoms with Crippen LogP contribution in [0.1, 0.15) is 24.8 Å². The van der Waals surface area contributed by atoms with Crippen LogP contribution >= 0.6 is 11.8 Å². The van der Waals surface area contributed by atoms with E-state index in [9.17, 15) is 8.78 Å². The number of halogens is 2. The molecule has 0 heterocycles. The summed E-state index contributed by atoms with van der Waals surface area (Å²) in [6.07, 6.45) is 6.07. The maximum Gasteiger partial charge on any atom is 0.191 e. The third kappa shape index (κ3) is 4.87. The van der Waals surface area contributed by atoms with Crippen LogP contribution in [0.2, 0.25) is 0 Å². The number of guanidine groups is 1. The van der Waals surface area contributed by atoms with Gasteiger partial charge in [-0.15, -0.1) is 0 Å². The van der Waals surface area contributed by atoms with Gasteiger partial charge in [0.25, 0.3) is 0 Å². The Balaban J connectivity index is 1.78. The molecular weight excluding hydrogens is 304 g/mol. The minimum atomic E-state index is -0.409. The molecule has 2 rings (SSSR count). The van der Waals surface area contributed by atoms with Crippen molar-refractivity contribution in [1.82, 2.24) is 10.6 Å². The van der Waals surface area contributed by atoms with E-state index in [1.54, 1.807) is 7.05 Å². The molecule has 1 aromatic rings. The maximum atomic E-state index is 13.5. The Morgan fingerprint density at radius 3 is 2.86 bits per heavy atom. The largest absolute Gasteiger partial charge is 0.356 e. The Kier molecular flexibility index (Phi) is 6.49. The molecule has 0 aromatic heterocycles. The average Bonchev–Trinajstić information content (AvgIpc) is 2.97. The molecule has 0 amide bonds. The predicted octanol–water partition coefficient (Wildman–Crippen LogP) is 2.96. The number of hydrogen-bond acceptors (Lipinski definition) is 2. The van der Waals surface area contributed by atoms with Gasteiger partial charge in [0.15, 0.2) is 5.96 Å². The first-order valence-electron chi connectivity index (χ1n) is 7.56. The summed E-state index contributed by atoms with van der Waals surface area (Å²) < 4.78 is 26.7. The van der Waals surface area contributed by atoms with Gasteiger partial charge in [-0.2, -0.15) is 11.8 Å². The van der Waals surface area contributed by atoms with Gasteiger partial charge in [-0.1, -0.05) is 0 Å². The van der Waals surface area contributed by atoms with Gasteiger partial charge in [0, 0.05) is 24.9 Å². The Labute approximate surface area is 135 Å². The number of nitrogens with zero attached hydrogens (tertiary/aromatic N) is 1. The summed E-state index contributed by atoms with van der Waals surface area (Å²) in [5.74, 6) is -0.0544. The SMILES string of the molecule is CN=C(NCCc1cc(F)ccc1F)NC1CCC(SC)C1. The van der Waals surface area contributed by atoms with Gasteiger partial charge in [-0.05, 0) is 55.7 Å². The van der Waals surface area contributed by atoms with Crippen molar-refractivity contribution in [2.75, 3.05) is 19.8 Å². The van der Waals surface area contributed by atoms with E-state index in [1.807, 2.05) is 11.8 Å². The van der Waals surface area contributed by atoms with Crippen molar-refractivity contribution in [1.29, 1.82) is 0 Å². The van der Waals surface area contributed by atoms with Crippen LogP contribution in [0.3, 0.4) is 0 Å². The summed E-state index contributed by atoms with van der Waals surface area (Å²) in [6.45, 7) is 0.513. The molecule has 1 fully saturated rings. The molecule has 6 heteroatoms. The summed E-state index contributed by atoms with van der Waals surface area (Å²) in [5, 5.41) is 7.29. The Morgan fingerprint density at radius 2 is 2.18 bits per heavy atom. The van der Waals surface area contributed by atoms with Gasteiger partial charge in [0.2, 0.25) is 0 Å². The molecule has 22 heavy (non-hydrogen) atoms. The fourth-order valence-corrected chi connectivity index (χ4v) is 3.52. The lowest BCUT2D eigenvalue weighted by molar-refractivity contribution is 0.581. The van der Waals surface area contributed by atoms with E-state index in [4.69, 9.17) is 0 Å². The van der Waals surface area contributed by atoms with Crippen molar-refractivity contribution in [2.24, 2.45) is 4.99 Å². The quantitative estimate of drug-likeness (QED) is 0.645. The first-order chi connectivity index (χ1) is 10.6. The van der Waals surface area contributed by atoms with Crippen LogP contribution in [0, 0.1) is 11.6 Å². The van der Waals surface area contributed by atoms with Crippen molar-refractivity contribution in [2.45, 2.75) is 37.0 Å². The maximum absolute atomic E-state index is 13.5. The molecule has 1 aromatic carbocycles. The molecule has 2 unspecified atom stereocenters. The van der Waals surface area contributed by atoms with Gasteiger partial charge in [-0.25, -0.2) is 8.78 Å². The van der Waals surface area contributed by atoms with E-state index in [-0.39, 0.29) is 5.82 Å². The first kappa shape index (κ1) is 17.1. The summed E-state index contributed by atoms with van der Waals surface area (Å²) in [6, 6.07) is 3.98. The van der Waals surface area contributed by atoms with E-state index < -0.39 is 5.82 Å². The van der Waals surface area contributed by atoms with Crippen LogP contribution in [-0.2, 0) is 6.42 Å². The lowest BCUT2D eigenvalue weighted by Crippen LogP contribution is -2.43. The predicted molar refractivity (Wildman–Crippen MR) is 89.5 cm³/mol. The van der Waals surface area contributed by atoms with Crippen molar-refractivity contribution < 1.29 is 8.78 Å². The monoisotopic (exact) mass is 327 g/mol. The molecule has 2 N–H and O–H groups in total. The van der Waals surface area contributed by atoms with Gasteiger partial charge >= 0.3 is 0 Å². The van der Waals surface area contributed by atoms with Crippen LogP contribution in [0.4, 0.5) is 8.78 Å². The summed E-state index contributed by atoms with van der Waals surface area (Å²) in [4.78, 5) is 4.19. The molecular formula is C16H23F2N3S. The van der Waals surface area contributed by atoms with E-state index >= 15 is 0 Å². The fourth-order valence-electron chi connectivity index (χ4n) is 2.72. The zero-order valence-electron chi connectivity index (χ0n) is 13.0. The van der Waals surface area contributed by atoms with Gasteiger partial charge in [0.1, 0.15) is 11.6 Å². The molecule has 122 valence electrons. The third-order valence-electron chi connectivity index (χ3n) is 3.98. The second-order valence-corrected chi connectivity index (χ2v) is 6.63. The summed E-state index contributed by atoms with van der Waals surface area (Å²) in [5.41, 5.74) is 0.381. The Morgan fingerprint density at radius 1 is 1.36 bits per heavy atom. The Hall–Kier alpha value is -1.30. The van der Waals surface area contributed by atoms with Gasteiger partial charge in [0.05, 0.1) is 0 Å². The highest BCUT2D eigenvalue weighted by molar-refractivity contribution is 7.99. The van der Waals surface area contributed by atoms with Crippen LogP contribution in [0.25, 0.3) is 0 Å². The number of nitrogens with one attached hydrogen (secondary N) is 2. The van der Waals surface area contributed by atoms with Crippen LogP contribution in [0.15, 0.2) is 23.2 Å². The number of thioether (sulfide) groups is 1. The molecule has 1 aliphatic rings. The number of hydrogen-bond donors (Lipinski definition) is 2. The third-order valence-corrected chi connectivity index (χ3v) is 5.07. The molecule has 0 aliphatic heterocycles. The van der Waals surface area contributed by atoms with Gasteiger partial charge < -0.3 is 10.6 Å². The Bertz CT molecular complexity index is 522. The number of benzene rings is 1. The highest BCUT2D eigenvalue weighted by Crippen LogP contribution is 2.27. The molecule has 1 aliphatic carbocycles. The van der Waals surface area contributed by atoms with Crippen molar-refractivity contribution in [3.05, 3.63) is 35.4 Å². The van der Waals surface area contributed by atoms with Crippen LogP contribution in [-0.4, -0.2) is 37.1 Å². The van der Waals surface area contributed by atoms with Crippen molar-refractivity contribution >= 4 is 17.7 Å². The molecule has 0 bridgehead atoms. The second kappa shape index (κ2) is 8.36. The van der Waals surface area contributed by atoms with E-state index in [0.29, 0.717) is 24.6 Å². The highest BCUT2D eigenvalue weighted by Gasteiger charge is 2.24. The molecule has 0 radical (unpaired) electrons. The minimum absolute atomic E-state index is 0.371. The number of aliphatic imine (C=N–C) groups is 1. The van der Waals surface area contributed by atoms with E-state index in [0.717, 1.165) is 30.1 Å². The number of rotatable bonds is 5. The standard InChI is InChI=1S/C16H23F2N3S/c1-19-16(21-13-4-5-14(10-13)22-2)20-8-7-11-9-12(17)3-6-15(11)18/h3,6,9,13-14H,4-5,7-8,10H2,1-2H3,(H2,19,20,21). The molecule has 0 saturated heterocycles. The smallest absolute Gasteiger partial charge is 0.191 e.